The highest BCUT2D eigenvalue weighted by Crippen LogP contribution is 2.30. The normalized spacial score (nSPS) is 25.6. The summed E-state index contributed by atoms with van der Waals surface area (Å²) in [7, 11) is 3.79. The summed E-state index contributed by atoms with van der Waals surface area (Å²) in [5, 5.41) is 13.0. The molecule has 0 spiro atoms. The quantitative estimate of drug-likeness (QED) is 0.516. The number of rotatable bonds is 7. The summed E-state index contributed by atoms with van der Waals surface area (Å²) >= 11 is 0. The largest absolute Gasteiger partial charge is 0.388 e. The fourth-order valence-corrected chi connectivity index (χ4v) is 2.64. The Bertz CT molecular complexity index is 743. The van der Waals surface area contributed by atoms with Gasteiger partial charge in [0.1, 0.15) is 18.8 Å². The molecule has 1 amide bonds. The summed E-state index contributed by atoms with van der Waals surface area (Å²) in [6.07, 6.45) is -2.13. The van der Waals surface area contributed by atoms with E-state index in [4.69, 9.17) is 9.47 Å². The molecule has 0 aromatic carbocycles. The predicted octanol–water partition coefficient (Wildman–Crippen LogP) is -1.81. The number of hydrogen-bond donors (Lipinski definition) is 3. The Morgan fingerprint density at radius 2 is 2.15 bits per heavy atom. The molecular weight excluding hydrogens is 344 g/mol. The van der Waals surface area contributed by atoms with Crippen LogP contribution in [0.4, 0.5) is 0 Å². The van der Waals surface area contributed by atoms with E-state index in [0.717, 1.165) is 4.57 Å². The minimum atomic E-state index is -1.02. The number of aliphatic hydroxyl groups is 1. The van der Waals surface area contributed by atoms with Crippen molar-refractivity contribution in [3.8, 4) is 0 Å². The summed E-state index contributed by atoms with van der Waals surface area (Å²) in [6, 6.07) is 0. The lowest BCUT2D eigenvalue weighted by molar-refractivity contribution is -0.133. The standard InChI is InChI=1S/C16H26N4O6/c1-9-7-20(16(24)18-14(9)23)15-13(12(22)10(2)26-15)25-8-11(21)17-5-6-19(3)4/h7,10,12-13,15,22H,5-6,8H2,1-4H3,(H,17,21)(H,18,23,24)/t10-,12-,13-,15-/m1/s1. The minimum Gasteiger partial charge on any atom is -0.388 e. The van der Waals surface area contributed by atoms with Crippen molar-refractivity contribution in [1.29, 1.82) is 0 Å². The average Bonchev–Trinajstić information content (AvgIpc) is 2.83. The van der Waals surface area contributed by atoms with Gasteiger partial charge in [0.05, 0.1) is 6.10 Å². The molecular formula is C16H26N4O6. The van der Waals surface area contributed by atoms with E-state index in [9.17, 15) is 19.5 Å². The molecule has 0 unspecified atom stereocenters. The highest BCUT2D eigenvalue weighted by molar-refractivity contribution is 5.77. The van der Waals surface area contributed by atoms with Gasteiger partial charge in [0.25, 0.3) is 5.56 Å². The molecule has 1 fully saturated rings. The van der Waals surface area contributed by atoms with Gasteiger partial charge in [-0.05, 0) is 27.9 Å². The van der Waals surface area contributed by atoms with Crippen LogP contribution in [0.15, 0.2) is 15.8 Å². The first kappa shape index (κ1) is 20.3. The minimum absolute atomic E-state index is 0.279. The van der Waals surface area contributed by atoms with Crippen molar-refractivity contribution in [3.05, 3.63) is 32.6 Å². The number of amides is 1. The van der Waals surface area contributed by atoms with Gasteiger partial charge < -0.3 is 24.8 Å². The molecule has 26 heavy (non-hydrogen) atoms. The van der Waals surface area contributed by atoms with Gasteiger partial charge in [0.2, 0.25) is 5.91 Å². The lowest BCUT2D eigenvalue weighted by Crippen LogP contribution is -2.41. The van der Waals surface area contributed by atoms with Crippen LogP contribution in [0.3, 0.4) is 0 Å². The third-order valence-corrected chi connectivity index (χ3v) is 4.16. The number of aromatic amines is 1. The molecule has 3 N–H and O–H groups in total. The number of carbonyl (C=O) groups excluding carboxylic acids is 1. The van der Waals surface area contributed by atoms with Gasteiger partial charge in [-0.2, -0.15) is 0 Å². The smallest absolute Gasteiger partial charge is 0.330 e. The zero-order chi connectivity index (χ0) is 19.4. The molecule has 1 aromatic heterocycles. The average molecular weight is 370 g/mol. The monoisotopic (exact) mass is 370 g/mol. The van der Waals surface area contributed by atoms with Gasteiger partial charge in [-0.3, -0.25) is 19.1 Å². The van der Waals surface area contributed by atoms with E-state index >= 15 is 0 Å². The van der Waals surface area contributed by atoms with Gasteiger partial charge in [0, 0.05) is 24.8 Å². The number of nitrogens with one attached hydrogen (secondary N) is 2. The highest BCUT2D eigenvalue weighted by Gasteiger charge is 2.44. The van der Waals surface area contributed by atoms with Crippen molar-refractivity contribution in [1.82, 2.24) is 19.8 Å². The second kappa shape index (κ2) is 8.58. The van der Waals surface area contributed by atoms with Crippen LogP contribution in [-0.4, -0.2) is 77.6 Å². The van der Waals surface area contributed by atoms with Crippen LogP contribution in [0.5, 0.6) is 0 Å². The first-order chi connectivity index (χ1) is 12.2. The van der Waals surface area contributed by atoms with E-state index in [1.807, 2.05) is 19.0 Å². The zero-order valence-electron chi connectivity index (χ0n) is 15.4. The predicted molar refractivity (Wildman–Crippen MR) is 93.0 cm³/mol. The summed E-state index contributed by atoms with van der Waals surface area (Å²) in [4.78, 5) is 39.6. The topological polar surface area (TPSA) is 126 Å². The lowest BCUT2D eigenvalue weighted by atomic mass is 10.1. The second-order valence-corrected chi connectivity index (χ2v) is 6.63. The van der Waals surface area contributed by atoms with Crippen LogP contribution in [0, 0.1) is 6.92 Å². The van der Waals surface area contributed by atoms with Gasteiger partial charge >= 0.3 is 5.69 Å². The number of carbonyl (C=O) groups is 1. The number of aryl methyl sites for hydroxylation is 1. The van der Waals surface area contributed by atoms with Crippen molar-refractivity contribution < 1.29 is 19.4 Å². The summed E-state index contributed by atoms with van der Waals surface area (Å²) in [5.41, 5.74) is -0.839. The van der Waals surface area contributed by atoms with E-state index < -0.39 is 35.8 Å². The van der Waals surface area contributed by atoms with E-state index in [1.54, 1.807) is 13.8 Å². The molecule has 1 aliphatic rings. The first-order valence-electron chi connectivity index (χ1n) is 8.39. The summed E-state index contributed by atoms with van der Waals surface area (Å²) in [5.74, 6) is -0.331. The molecule has 1 aromatic rings. The van der Waals surface area contributed by atoms with E-state index in [0.29, 0.717) is 18.7 Å². The Labute approximate surface area is 150 Å². The Morgan fingerprint density at radius 3 is 2.81 bits per heavy atom. The van der Waals surface area contributed by atoms with Crippen molar-refractivity contribution in [3.63, 3.8) is 0 Å². The molecule has 1 saturated heterocycles. The number of likely N-dealkylation sites (N-methyl/N-ethyl adjacent to an activating group) is 1. The number of H-pyrrole nitrogens is 1. The van der Waals surface area contributed by atoms with E-state index in [-0.39, 0.29) is 12.5 Å². The van der Waals surface area contributed by atoms with Crippen LogP contribution < -0.4 is 16.6 Å². The highest BCUT2D eigenvalue weighted by atomic mass is 16.6. The van der Waals surface area contributed by atoms with Crippen LogP contribution in [-0.2, 0) is 14.3 Å². The molecule has 10 heteroatoms. The third kappa shape index (κ3) is 4.79. The van der Waals surface area contributed by atoms with Crippen LogP contribution in [0.2, 0.25) is 0 Å². The van der Waals surface area contributed by atoms with Crippen molar-refractivity contribution in [2.75, 3.05) is 33.8 Å². The van der Waals surface area contributed by atoms with E-state index in [2.05, 4.69) is 10.3 Å². The third-order valence-electron chi connectivity index (χ3n) is 4.16. The molecule has 0 radical (unpaired) electrons. The Kier molecular flexibility index (Phi) is 6.70. The number of nitrogens with zero attached hydrogens (tertiary/aromatic N) is 2. The van der Waals surface area contributed by atoms with Gasteiger partial charge in [-0.1, -0.05) is 0 Å². The Hall–Kier alpha value is -2.01. The fraction of sp³-hybridized carbons (Fsp3) is 0.688. The number of aromatic nitrogens is 2. The van der Waals surface area contributed by atoms with Crippen molar-refractivity contribution in [2.45, 2.75) is 38.4 Å². The fourth-order valence-electron chi connectivity index (χ4n) is 2.64. The molecule has 0 saturated carbocycles. The molecule has 1 aliphatic heterocycles. The molecule has 146 valence electrons. The van der Waals surface area contributed by atoms with Gasteiger partial charge in [-0.15, -0.1) is 0 Å². The molecule has 0 aliphatic carbocycles. The summed E-state index contributed by atoms with van der Waals surface area (Å²) < 4.78 is 12.3. The summed E-state index contributed by atoms with van der Waals surface area (Å²) in [6.45, 7) is 4.07. The van der Waals surface area contributed by atoms with Gasteiger partial charge in [-0.25, -0.2) is 4.79 Å². The number of hydrogen-bond acceptors (Lipinski definition) is 7. The maximum absolute atomic E-state index is 12.1. The van der Waals surface area contributed by atoms with E-state index in [1.165, 1.54) is 6.20 Å². The van der Waals surface area contributed by atoms with Gasteiger partial charge in [0.15, 0.2) is 6.23 Å². The number of ether oxygens (including phenoxy) is 2. The van der Waals surface area contributed by atoms with Crippen LogP contribution >= 0.6 is 0 Å². The molecule has 4 atom stereocenters. The molecule has 0 bridgehead atoms. The van der Waals surface area contributed by atoms with Crippen LogP contribution in [0.1, 0.15) is 18.7 Å². The SMILES string of the molecule is Cc1cn([C@@H]2O[C@H](C)[C@@H](O)[C@H]2OCC(=O)NCCN(C)C)c(=O)[nH]c1=O. The van der Waals surface area contributed by atoms with Crippen molar-refractivity contribution >= 4 is 5.91 Å². The molecule has 10 nitrogen and oxygen atoms in total. The molecule has 2 heterocycles. The molecule has 2 rings (SSSR count). The van der Waals surface area contributed by atoms with Crippen molar-refractivity contribution in [2.24, 2.45) is 0 Å². The number of aliphatic hydroxyl groups excluding tert-OH is 1. The maximum Gasteiger partial charge on any atom is 0.330 e. The Morgan fingerprint density at radius 1 is 1.46 bits per heavy atom. The second-order valence-electron chi connectivity index (χ2n) is 6.63. The first-order valence-corrected chi connectivity index (χ1v) is 8.39. The lowest BCUT2D eigenvalue weighted by Gasteiger charge is -2.22. The maximum atomic E-state index is 12.1. The Balaban J connectivity index is 2.08. The zero-order valence-corrected chi connectivity index (χ0v) is 15.4. The van der Waals surface area contributed by atoms with Crippen LogP contribution in [0.25, 0.3) is 0 Å².